The summed E-state index contributed by atoms with van der Waals surface area (Å²) in [5.41, 5.74) is 1.34. The van der Waals surface area contributed by atoms with Gasteiger partial charge in [-0.25, -0.2) is 0 Å². The Kier molecular flexibility index (Phi) is 3.94. The van der Waals surface area contributed by atoms with Crippen molar-refractivity contribution in [2.24, 2.45) is 5.92 Å². The van der Waals surface area contributed by atoms with Crippen LogP contribution in [-0.2, 0) is 6.54 Å². The molecule has 0 spiro atoms. The summed E-state index contributed by atoms with van der Waals surface area (Å²) in [6.45, 7) is 4.66. The number of hydrogen-bond acceptors (Lipinski definition) is 2. The average Bonchev–Trinajstić information content (AvgIpc) is 2.80. The first kappa shape index (κ1) is 12.9. The van der Waals surface area contributed by atoms with E-state index in [1.165, 1.54) is 38.0 Å². The van der Waals surface area contributed by atoms with E-state index in [1.54, 1.807) is 0 Å². The van der Waals surface area contributed by atoms with Crippen LogP contribution in [0.4, 0.5) is 0 Å². The number of nitrogens with one attached hydrogen (secondary N) is 1. The Labute approximate surface area is 122 Å². The molecule has 2 aliphatic rings. The van der Waals surface area contributed by atoms with Crippen molar-refractivity contribution in [1.29, 1.82) is 0 Å². The van der Waals surface area contributed by atoms with Crippen LogP contribution in [0, 0.1) is 5.92 Å². The van der Waals surface area contributed by atoms with Crippen LogP contribution >= 0.6 is 27.5 Å². The Morgan fingerprint density at radius 2 is 2.28 bits per heavy atom. The molecule has 3 rings (SSSR count). The summed E-state index contributed by atoms with van der Waals surface area (Å²) >= 11 is 9.59. The van der Waals surface area contributed by atoms with E-state index in [-0.39, 0.29) is 0 Å². The van der Waals surface area contributed by atoms with Crippen molar-refractivity contribution in [3.05, 3.63) is 33.3 Å². The van der Waals surface area contributed by atoms with Crippen molar-refractivity contribution in [3.63, 3.8) is 0 Å². The van der Waals surface area contributed by atoms with Crippen LogP contribution in [-0.4, -0.2) is 30.6 Å². The maximum atomic E-state index is 5.98. The molecule has 2 fully saturated rings. The van der Waals surface area contributed by atoms with Crippen LogP contribution in [0.1, 0.15) is 18.4 Å². The summed E-state index contributed by atoms with van der Waals surface area (Å²) in [5, 5.41) is 4.40. The van der Waals surface area contributed by atoms with Crippen LogP contribution in [0.2, 0.25) is 5.02 Å². The average molecular weight is 330 g/mol. The molecular formula is C14H18BrClN2. The number of halogens is 2. The van der Waals surface area contributed by atoms with Gasteiger partial charge in [-0.3, -0.25) is 4.90 Å². The smallest absolute Gasteiger partial charge is 0.0417 e. The molecule has 98 valence electrons. The van der Waals surface area contributed by atoms with E-state index in [0.29, 0.717) is 0 Å². The Bertz CT molecular complexity index is 438. The highest BCUT2D eigenvalue weighted by Gasteiger charge is 2.32. The molecular weight excluding hydrogens is 312 g/mol. The largest absolute Gasteiger partial charge is 0.314 e. The van der Waals surface area contributed by atoms with E-state index in [9.17, 15) is 0 Å². The molecule has 2 saturated heterocycles. The minimum absolute atomic E-state index is 0.773. The molecule has 2 heterocycles. The topological polar surface area (TPSA) is 15.3 Å². The molecule has 1 aromatic carbocycles. The molecule has 2 nitrogen and oxygen atoms in total. The second-order valence-electron chi connectivity index (χ2n) is 5.37. The van der Waals surface area contributed by atoms with Gasteiger partial charge >= 0.3 is 0 Å². The van der Waals surface area contributed by atoms with Gasteiger partial charge in [0.1, 0.15) is 0 Å². The molecule has 2 atom stereocenters. The molecule has 0 radical (unpaired) electrons. The third-order valence-corrected chi connectivity index (χ3v) is 5.12. The van der Waals surface area contributed by atoms with Gasteiger partial charge in [0.2, 0.25) is 0 Å². The summed E-state index contributed by atoms with van der Waals surface area (Å²) in [6.07, 6.45) is 2.62. The fourth-order valence-electron chi connectivity index (χ4n) is 3.16. The number of hydrogen-bond donors (Lipinski definition) is 1. The number of piperidine rings is 1. The first-order valence-corrected chi connectivity index (χ1v) is 7.79. The maximum absolute atomic E-state index is 5.98. The van der Waals surface area contributed by atoms with Crippen molar-refractivity contribution in [1.82, 2.24) is 10.2 Å². The Hall–Kier alpha value is -0.0900. The Balaban J connectivity index is 1.66. The molecule has 0 saturated carbocycles. The van der Waals surface area contributed by atoms with E-state index in [4.69, 9.17) is 11.6 Å². The zero-order chi connectivity index (χ0) is 12.5. The highest BCUT2D eigenvalue weighted by atomic mass is 79.9. The van der Waals surface area contributed by atoms with Crippen LogP contribution in [0.3, 0.4) is 0 Å². The third kappa shape index (κ3) is 2.74. The number of likely N-dealkylation sites (tertiary alicyclic amines) is 1. The fourth-order valence-corrected chi connectivity index (χ4v) is 3.97. The zero-order valence-electron chi connectivity index (χ0n) is 10.3. The lowest BCUT2D eigenvalue weighted by Crippen LogP contribution is -2.43. The van der Waals surface area contributed by atoms with Crippen molar-refractivity contribution in [2.45, 2.75) is 25.4 Å². The van der Waals surface area contributed by atoms with Crippen LogP contribution < -0.4 is 5.32 Å². The number of fused-ring (bicyclic) bond motifs is 1. The van der Waals surface area contributed by atoms with Crippen molar-refractivity contribution in [3.8, 4) is 0 Å². The van der Waals surface area contributed by atoms with Crippen LogP contribution in [0.25, 0.3) is 0 Å². The molecule has 0 aromatic heterocycles. The molecule has 2 unspecified atom stereocenters. The summed E-state index contributed by atoms with van der Waals surface area (Å²) in [6, 6.07) is 6.87. The summed E-state index contributed by atoms with van der Waals surface area (Å²) in [4.78, 5) is 2.57. The second kappa shape index (κ2) is 5.49. The van der Waals surface area contributed by atoms with Gasteiger partial charge in [0.05, 0.1) is 0 Å². The number of nitrogens with zero attached hydrogens (tertiary/aromatic N) is 1. The van der Waals surface area contributed by atoms with E-state index < -0.39 is 0 Å². The van der Waals surface area contributed by atoms with Crippen molar-refractivity contribution < 1.29 is 0 Å². The Morgan fingerprint density at radius 3 is 3.11 bits per heavy atom. The highest BCUT2D eigenvalue weighted by molar-refractivity contribution is 9.10. The van der Waals surface area contributed by atoms with Gasteiger partial charge in [-0.15, -0.1) is 0 Å². The lowest BCUT2D eigenvalue weighted by Gasteiger charge is -2.35. The lowest BCUT2D eigenvalue weighted by atomic mass is 9.93. The van der Waals surface area contributed by atoms with Gasteiger partial charge in [0.15, 0.2) is 0 Å². The minimum Gasteiger partial charge on any atom is -0.314 e. The monoisotopic (exact) mass is 328 g/mol. The minimum atomic E-state index is 0.773. The molecule has 0 aliphatic carbocycles. The first-order valence-electron chi connectivity index (χ1n) is 6.62. The first-order chi connectivity index (χ1) is 8.72. The van der Waals surface area contributed by atoms with Gasteiger partial charge in [-0.05, 0) is 49.5 Å². The summed E-state index contributed by atoms with van der Waals surface area (Å²) in [7, 11) is 0. The molecule has 18 heavy (non-hydrogen) atoms. The maximum Gasteiger partial charge on any atom is 0.0417 e. The molecule has 1 aromatic rings. The van der Waals surface area contributed by atoms with E-state index in [1.807, 2.05) is 12.1 Å². The zero-order valence-corrected chi connectivity index (χ0v) is 12.7. The second-order valence-corrected chi connectivity index (χ2v) is 6.66. The fraction of sp³-hybridized carbons (Fsp3) is 0.571. The highest BCUT2D eigenvalue weighted by Crippen LogP contribution is 2.28. The normalized spacial score (nSPS) is 28.3. The number of rotatable bonds is 2. The third-order valence-electron chi connectivity index (χ3n) is 4.15. The molecule has 2 aliphatic heterocycles. The quantitative estimate of drug-likeness (QED) is 0.896. The van der Waals surface area contributed by atoms with Crippen molar-refractivity contribution >= 4 is 27.5 Å². The van der Waals surface area contributed by atoms with Gasteiger partial charge in [-0.1, -0.05) is 33.6 Å². The summed E-state index contributed by atoms with van der Waals surface area (Å²) < 4.78 is 1.13. The van der Waals surface area contributed by atoms with Crippen molar-refractivity contribution in [2.75, 3.05) is 19.6 Å². The van der Waals surface area contributed by atoms with Crippen LogP contribution in [0.5, 0.6) is 0 Å². The Morgan fingerprint density at radius 1 is 1.39 bits per heavy atom. The standard InChI is InChI=1S/C14H18BrClN2/c15-13-7-12(16)2-1-10(13)8-18-6-4-14-11(9-18)3-5-17-14/h1-2,7,11,14,17H,3-6,8-9H2. The van der Waals surface area contributed by atoms with E-state index >= 15 is 0 Å². The van der Waals surface area contributed by atoms with Gasteiger partial charge in [0.25, 0.3) is 0 Å². The van der Waals surface area contributed by atoms with Gasteiger partial charge in [-0.2, -0.15) is 0 Å². The predicted octanol–water partition coefficient (Wildman–Crippen LogP) is 3.29. The molecule has 0 bridgehead atoms. The predicted molar refractivity (Wildman–Crippen MR) is 78.9 cm³/mol. The van der Waals surface area contributed by atoms with Crippen LogP contribution in [0.15, 0.2) is 22.7 Å². The number of benzene rings is 1. The summed E-state index contributed by atoms with van der Waals surface area (Å²) in [5.74, 6) is 0.852. The molecule has 0 amide bonds. The van der Waals surface area contributed by atoms with E-state index in [2.05, 4.69) is 32.2 Å². The lowest BCUT2D eigenvalue weighted by molar-refractivity contribution is 0.155. The molecule has 4 heteroatoms. The SMILES string of the molecule is Clc1ccc(CN2CCC3NCCC3C2)c(Br)c1. The van der Waals surface area contributed by atoms with Gasteiger partial charge in [0, 0.05) is 28.6 Å². The van der Waals surface area contributed by atoms with E-state index in [0.717, 1.165) is 28.0 Å². The molecule has 1 N–H and O–H groups in total. The van der Waals surface area contributed by atoms with Gasteiger partial charge < -0.3 is 5.32 Å².